The first-order valence-corrected chi connectivity index (χ1v) is 39.0. The lowest BCUT2D eigenvalue weighted by Crippen LogP contribution is -2.61. The number of nitrogens with zero attached hydrogens (tertiary/aromatic N) is 6. The van der Waals surface area contributed by atoms with Crippen LogP contribution in [0.25, 0.3) is 44.8 Å². The van der Waals surface area contributed by atoms with Crippen molar-refractivity contribution in [1.82, 2.24) is 39.5 Å². The Morgan fingerprint density at radius 3 is 0.951 bits per heavy atom. The van der Waals surface area contributed by atoms with E-state index >= 15 is 0 Å². The first-order valence-electron chi connectivity index (χ1n) is 37.3. The highest BCUT2D eigenvalue weighted by molar-refractivity contribution is 7.99. The quantitative estimate of drug-likeness (QED) is 0.0522. The number of hydrogen-bond donors (Lipinski definition) is 2. The van der Waals surface area contributed by atoms with E-state index in [9.17, 15) is 76.7 Å². The number of carbonyl (C=O) groups excluding carboxylic acids is 16. The van der Waals surface area contributed by atoms with Crippen molar-refractivity contribution < 1.29 is 171 Å². The van der Waals surface area contributed by atoms with Crippen molar-refractivity contribution in [2.75, 3.05) is 26.4 Å². The second kappa shape index (κ2) is 41.9. The SMILES string of the molecule is CC(=O)OC[C@H]1O[C@@H](n2nc(-c3cc4ccccc4[nH]3)nc2S[C@@H]2O[C@H](COC(C)=O)[C@H](OC(C)=O)[C@H](OC(C)=O)[C@H]2OC(C)=O)[C@H](OC(C)=O)[C@@H](OC(C)=O)[C@H]1OC(C)=O.CC(=O)OC[C@H]1O[C@@H](n2nc(S[C@@H]3O[C@H](COC(C)=O)[C@H](OC(C)=O)[C@H](OC(C)=O)[C@H]3OC(C)=O)nc2-c2cc3ccccc3[nH]2)[C@H](OC(C)=O)[C@@H](OC(C)=O)[C@H]1OC(C)=O. The molecule has 0 amide bonds. The molecule has 20 atom stereocenters. The van der Waals surface area contributed by atoms with Gasteiger partial charge in [-0.3, -0.25) is 76.7 Å². The van der Waals surface area contributed by atoms with Gasteiger partial charge in [0.25, 0.3) is 0 Å². The summed E-state index contributed by atoms with van der Waals surface area (Å²) in [6.45, 7) is 15.4. The van der Waals surface area contributed by atoms with Crippen molar-refractivity contribution >= 4 is 141 Å². The van der Waals surface area contributed by atoms with Gasteiger partial charge in [-0.25, -0.2) is 9.36 Å². The number of fused-ring (bicyclic) bond motifs is 2. The average molecular weight is 1750 g/mol. The Hall–Kier alpha value is -12.1. The molecule has 4 aromatic heterocycles. The number of H-pyrrole nitrogens is 2. The van der Waals surface area contributed by atoms with Crippen LogP contribution in [0.5, 0.6) is 0 Å². The van der Waals surface area contributed by atoms with E-state index in [1.807, 2.05) is 24.3 Å². The van der Waals surface area contributed by atoms with Crippen molar-refractivity contribution in [3.63, 3.8) is 0 Å². The standard InChI is InChI=1S/2C38H44N4O18S/c1-16(43)51-14-27-29(53-18(3)45)31(55-20(5)47)33(57-22(7)49)36(59-27)42-35(26-13-24-11-9-10-12-25(24)39-26)40-38(41-42)61-37-34(58-23(8)50)32(56-21(6)48)30(54-19(4)46)28(60-37)15-52-17(2)44;1-16(43)51-14-27-29(53-18(3)45)31(55-20(5)47)33(57-22(7)49)36(59-27)42-38(40-35(41-42)26-13-24-11-9-10-12-25(24)39-26)61-37-34(58-23(8)50)32(56-21(6)48)30(54-19(4)46)28(60-37)15-52-17(2)44/h2*9-13,27-34,36-37,39H,14-15H2,1-8H3/t2*27-,28-,29+,30+,31+,32+,33-,34-,36-,37+/m11/s1. The third-order valence-corrected chi connectivity index (χ3v) is 19.6. The van der Waals surface area contributed by atoms with Crippen LogP contribution in [-0.4, -0.2) is 270 Å². The predicted octanol–water partition coefficient (Wildman–Crippen LogP) is 3.71. The fourth-order valence-electron chi connectivity index (χ4n) is 13.4. The summed E-state index contributed by atoms with van der Waals surface area (Å²) in [6.07, 6.45) is -27.0. The zero-order valence-corrected chi connectivity index (χ0v) is 70.0. The van der Waals surface area contributed by atoms with Crippen LogP contribution in [0.2, 0.25) is 0 Å². The summed E-state index contributed by atoms with van der Waals surface area (Å²) < 4.78 is 116. The highest BCUT2D eigenvalue weighted by atomic mass is 32.2. The lowest BCUT2D eigenvalue weighted by atomic mass is 9.97. The molecule has 10 rings (SSSR count). The minimum Gasteiger partial charge on any atom is -0.463 e. The number of rotatable bonds is 28. The molecule has 0 saturated carbocycles. The Balaban J connectivity index is 0.000000277. The van der Waals surface area contributed by atoms with E-state index in [1.165, 1.54) is 4.68 Å². The number of aromatic amines is 2. The molecule has 4 saturated heterocycles. The lowest BCUT2D eigenvalue weighted by molar-refractivity contribution is -0.271. The Morgan fingerprint density at radius 2 is 0.607 bits per heavy atom. The summed E-state index contributed by atoms with van der Waals surface area (Å²) in [5, 5.41) is 10.7. The van der Waals surface area contributed by atoms with E-state index < -0.39 is 243 Å². The van der Waals surface area contributed by atoms with Crippen molar-refractivity contribution in [2.24, 2.45) is 0 Å². The van der Waals surface area contributed by atoms with Crippen LogP contribution in [-0.2, 0) is 171 Å². The molecule has 0 aliphatic carbocycles. The molecule has 8 heterocycles. The normalized spacial score (nSPS) is 26.0. The molecular weight excluding hydrogens is 1660 g/mol. The molecule has 0 spiro atoms. The molecule has 4 aliphatic rings. The largest absolute Gasteiger partial charge is 0.463 e. The summed E-state index contributed by atoms with van der Waals surface area (Å²) in [4.78, 5) is 214. The van der Waals surface area contributed by atoms with Crippen molar-refractivity contribution in [1.29, 1.82) is 0 Å². The number of para-hydroxylation sites is 2. The van der Waals surface area contributed by atoms with Crippen molar-refractivity contribution in [3.05, 3.63) is 60.7 Å². The second-order valence-corrected chi connectivity index (χ2v) is 29.5. The van der Waals surface area contributed by atoms with Gasteiger partial charge in [0.1, 0.15) is 50.8 Å². The summed E-state index contributed by atoms with van der Waals surface area (Å²) in [7, 11) is 0. The number of benzene rings is 2. The topological polar surface area (TPSA) is 551 Å². The molecule has 4 fully saturated rings. The summed E-state index contributed by atoms with van der Waals surface area (Å²) >= 11 is 1.46. The second-order valence-electron chi connectivity index (χ2n) is 27.4. The third-order valence-electron chi connectivity index (χ3n) is 17.5. The minimum atomic E-state index is -1.65. The molecule has 0 unspecified atom stereocenters. The Morgan fingerprint density at radius 1 is 0.320 bits per heavy atom. The smallest absolute Gasteiger partial charge is 0.303 e. The minimum absolute atomic E-state index is 0.0113. The summed E-state index contributed by atoms with van der Waals surface area (Å²) in [5.74, 6) is -13.1. The van der Waals surface area contributed by atoms with Crippen LogP contribution in [0.1, 0.15) is 123 Å². The van der Waals surface area contributed by atoms with E-state index in [-0.39, 0.29) is 22.0 Å². The van der Waals surface area contributed by atoms with Gasteiger partial charge in [-0.2, -0.15) is 9.97 Å². The highest BCUT2D eigenvalue weighted by Crippen LogP contribution is 2.45. The van der Waals surface area contributed by atoms with E-state index in [1.54, 1.807) is 36.4 Å². The van der Waals surface area contributed by atoms with Crippen LogP contribution >= 0.6 is 23.5 Å². The van der Waals surface area contributed by atoms with Crippen molar-refractivity contribution in [2.45, 2.75) is 242 Å². The summed E-state index contributed by atoms with van der Waals surface area (Å²) in [6, 6.07) is 17.9. The number of thioether (sulfide) groups is 2. The fourth-order valence-corrected chi connectivity index (χ4v) is 15.5. The molecule has 660 valence electrons. The number of aromatic nitrogens is 8. The van der Waals surface area contributed by atoms with E-state index in [0.29, 0.717) is 22.4 Å². The van der Waals surface area contributed by atoms with Gasteiger partial charge in [-0.05, 0) is 36.0 Å². The van der Waals surface area contributed by atoms with Gasteiger partial charge < -0.3 is 105 Å². The van der Waals surface area contributed by atoms with Gasteiger partial charge in [0, 0.05) is 133 Å². The average Bonchev–Trinajstić information content (AvgIpc) is 1.52. The van der Waals surface area contributed by atoms with Crippen LogP contribution in [0.15, 0.2) is 71.0 Å². The molecular formula is C76H88N8O36S2. The van der Waals surface area contributed by atoms with Gasteiger partial charge in [-0.15, -0.1) is 10.2 Å². The number of esters is 16. The van der Waals surface area contributed by atoms with Gasteiger partial charge >= 0.3 is 95.5 Å². The molecule has 4 aliphatic heterocycles. The number of nitrogens with one attached hydrogen (secondary N) is 2. The molecule has 6 aromatic rings. The Kier molecular flexibility index (Phi) is 32.2. The lowest BCUT2D eigenvalue weighted by Gasteiger charge is -2.45. The molecule has 2 N–H and O–H groups in total. The molecule has 44 nitrogen and oxygen atoms in total. The zero-order chi connectivity index (χ0) is 89.4. The maximum atomic E-state index is 12.8. The van der Waals surface area contributed by atoms with Gasteiger partial charge in [0.2, 0.25) is 5.16 Å². The van der Waals surface area contributed by atoms with Crippen LogP contribution in [0.3, 0.4) is 0 Å². The monoisotopic (exact) mass is 1750 g/mol. The Bertz CT molecular complexity index is 4840. The van der Waals surface area contributed by atoms with Crippen LogP contribution in [0.4, 0.5) is 0 Å². The highest BCUT2D eigenvalue weighted by Gasteiger charge is 2.59. The fraction of sp³-hybridized carbons (Fsp3) is 0.526. The molecule has 0 radical (unpaired) electrons. The first kappa shape index (κ1) is 93.7. The number of carbonyl (C=O) groups is 16. The van der Waals surface area contributed by atoms with Crippen molar-refractivity contribution in [3.8, 4) is 23.0 Å². The molecule has 46 heteroatoms. The van der Waals surface area contributed by atoms with Crippen LogP contribution in [0, 0.1) is 0 Å². The summed E-state index contributed by atoms with van der Waals surface area (Å²) in [5.41, 5.74) is -0.742. The Labute approximate surface area is 701 Å². The number of ether oxygens (including phenoxy) is 20. The van der Waals surface area contributed by atoms with E-state index in [0.717, 1.165) is 150 Å². The maximum Gasteiger partial charge on any atom is 0.303 e. The van der Waals surface area contributed by atoms with Gasteiger partial charge in [-0.1, -0.05) is 48.2 Å². The molecule has 0 bridgehead atoms. The van der Waals surface area contributed by atoms with Gasteiger partial charge in [0.15, 0.2) is 113 Å². The zero-order valence-electron chi connectivity index (χ0n) is 68.3. The van der Waals surface area contributed by atoms with Crippen LogP contribution < -0.4 is 0 Å². The van der Waals surface area contributed by atoms with E-state index in [2.05, 4.69) is 9.97 Å². The molecule has 122 heavy (non-hydrogen) atoms. The van der Waals surface area contributed by atoms with E-state index in [4.69, 9.17) is 115 Å². The molecule has 2 aromatic carbocycles. The predicted molar refractivity (Wildman–Crippen MR) is 405 cm³/mol. The maximum absolute atomic E-state index is 12.8. The first-order chi connectivity index (χ1) is 57.6. The third kappa shape index (κ3) is 25.0. The number of hydrogen-bond acceptors (Lipinski definition) is 42. The van der Waals surface area contributed by atoms with Gasteiger partial charge in [0.05, 0.1) is 11.4 Å².